The molecule has 1 unspecified atom stereocenters. The number of phenols is 1. The van der Waals surface area contributed by atoms with Crippen molar-refractivity contribution in [1.82, 2.24) is 4.98 Å². The molecule has 4 aromatic rings. The summed E-state index contributed by atoms with van der Waals surface area (Å²) in [5.74, 6) is -1.87. The maximum atomic E-state index is 13.5. The lowest BCUT2D eigenvalue weighted by molar-refractivity contribution is -0.132. The molecular formula is C28H23BrN2O5S. The summed E-state index contributed by atoms with van der Waals surface area (Å²) < 4.78 is 6.53. The van der Waals surface area contributed by atoms with Crippen molar-refractivity contribution in [3.05, 3.63) is 86.4 Å². The van der Waals surface area contributed by atoms with Crippen LogP contribution in [0.15, 0.2) is 58.6 Å². The molecule has 5 rings (SSSR count). The number of methoxy groups -OCH3 is 1. The van der Waals surface area contributed by atoms with Crippen molar-refractivity contribution in [2.45, 2.75) is 26.8 Å². The van der Waals surface area contributed by atoms with Crippen LogP contribution in [-0.4, -0.2) is 34.0 Å². The van der Waals surface area contributed by atoms with Crippen molar-refractivity contribution in [3.63, 3.8) is 0 Å². The zero-order chi connectivity index (χ0) is 26.6. The molecular weight excluding hydrogens is 556 g/mol. The number of carbonyl (C=O) groups is 2. The number of fused-ring (bicyclic) bond motifs is 1. The Morgan fingerprint density at radius 2 is 1.76 bits per heavy atom. The number of thiazole rings is 1. The number of aromatic hydroxyl groups is 1. The normalized spacial score (nSPS) is 17.1. The average Bonchev–Trinajstić information content (AvgIpc) is 3.39. The highest BCUT2D eigenvalue weighted by atomic mass is 79.9. The molecule has 0 spiro atoms. The zero-order valence-electron chi connectivity index (χ0n) is 20.5. The molecule has 0 radical (unpaired) electrons. The Balaban J connectivity index is 1.78. The summed E-state index contributed by atoms with van der Waals surface area (Å²) in [5.41, 5.74) is 4.55. The fourth-order valence-corrected chi connectivity index (χ4v) is 6.21. The van der Waals surface area contributed by atoms with Crippen LogP contribution in [0.2, 0.25) is 0 Å². The first-order valence-corrected chi connectivity index (χ1v) is 13.0. The molecule has 9 heteroatoms. The van der Waals surface area contributed by atoms with Crippen molar-refractivity contribution < 1.29 is 24.5 Å². The molecule has 1 aliphatic rings. The van der Waals surface area contributed by atoms with Crippen LogP contribution in [-0.2, 0) is 9.59 Å². The summed E-state index contributed by atoms with van der Waals surface area (Å²) in [4.78, 5) is 33.1. The van der Waals surface area contributed by atoms with Crippen LogP contribution in [0, 0.1) is 20.8 Å². The van der Waals surface area contributed by atoms with E-state index in [0.717, 1.165) is 26.9 Å². The van der Waals surface area contributed by atoms with Crippen molar-refractivity contribution in [2.75, 3.05) is 12.0 Å². The predicted molar refractivity (Wildman–Crippen MR) is 147 cm³/mol. The average molecular weight is 579 g/mol. The number of aryl methyl sites for hydroxylation is 3. The number of hydrogen-bond donors (Lipinski definition) is 2. The van der Waals surface area contributed by atoms with E-state index < -0.39 is 17.7 Å². The minimum Gasteiger partial charge on any atom is -0.507 e. The summed E-state index contributed by atoms with van der Waals surface area (Å²) in [6.45, 7) is 5.85. The summed E-state index contributed by atoms with van der Waals surface area (Å²) in [7, 11) is 1.41. The number of Topliss-reactive ketones (excluding diaryl/α,β-unsaturated/α-hetero) is 1. The van der Waals surface area contributed by atoms with Gasteiger partial charge in [-0.1, -0.05) is 47.2 Å². The second-order valence-corrected chi connectivity index (χ2v) is 10.9. The molecule has 1 fully saturated rings. The number of aliphatic hydroxyl groups is 1. The number of rotatable bonds is 4. The van der Waals surface area contributed by atoms with E-state index in [1.807, 2.05) is 45.0 Å². The molecule has 1 atom stereocenters. The quantitative estimate of drug-likeness (QED) is 0.167. The number of aromatic nitrogens is 1. The lowest BCUT2D eigenvalue weighted by Crippen LogP contribution is -2.29. The maximum Gasteiger partial charge on any atom is 0.301 e. The van der Waals surface area contributed by atoms with Crippen molar-refractivity contribution in [1.29, 1.82) is 0 Å². The standard InChI is InChI=1S/C28H23BrN2O5S/c1-13-5-7-16(8-6-13)24(32)21-23(17-11-18(29)25(33)19(12-17)36-4)31(27(35)26(21)34)28-30-22-15(3)9-14(2)10-20(22)37-28/h5-12,23,32-33H,1-4H3/b24-21+. The number of carbonyl (C=O) groups excluding carboxylic acids is 2. The number of ether oxygens (including phenoxy) is 1. The van der Waals surface area contributed by atoms with E-state index in [1.165, 1.54) is 23.3 Å². The number of anilines is 1. The third kappa shape index (κ3) is 4.18. The summed E-state index contributed by atoms with van der Waals surface area (Å²) >= 11 is 4.64. The van der Waals surface area contributed by atoms with Gasteiger partial charge in [0, 0.05) is 5.56 Å². The van der Waals surface area contributed by atoms with Crippen molar-refractivity contribution in [2.24, 2.45) is 0 Å². The van der Waals surface area contributed by atoms with Gasteiger partial charge >= 0.3 is 5.91 Å². The van der Waals surface area contributed by atoms with Gasteiger partial charge in [-0.05, 0) is 71.6 Å². The Hall–Kier alpha value is -3.69. The van der Waals surface area contributed by atoms with E-state index in [0.29, 0.717) is 20.7 Å². The molecule has 1 saturated heterocycles. The molecule has 37 heavy (non-hydrogen) atoms. The van der Waals surface area contributed by atoms with Crippen LogP contribution < -0.4 is 9.64 Å². The zero-order valence-corrected chi connectivity index (χ0v) is 22.9. The van der Waals surface area contributed by atoms with Gasteiger partial charge in [-0.2, -0.15) is 0 Å². The van der Waals surface area contributed by atoms with Crippen LogP contribution in [0.5, 0.6) is 11.5 Å². The van der Waals surface area contributed by atoms with Gasteiger partial charge in [-0.15, -0.1) is 0 Å². The smallest absolute Gasteiger partial charge is 0.301 e. The number of hydrogen-bond acceptors (Lipinski definition) is 7. The number of phenolic OH excluding ortho intramolecular Hbond substituents is 1. The van der Waals surface area contributed by atoms with E-state index >= 15 is 0 Å². The van der Waals surface area contributed by atoms with Crippen LogP contribution >= 0.6 is 27.3 Å². The number of ketones is 1. The fraction of sp³-hybridized carbons (Fsp3) is 0.179. The predicted octanol–water partition coefficient (Wildman–Crippen LogP) is 6.32. The Morgan fingerprint density at radius 3 is 2.43 bits per heavy atom. The fourth-order valence-electron chi connectivity index (χ4n) is 4.58. The molecule has 2 N–H and O–H groups in total. The molecule has 0 aliphatic carbocycles. The molecule has 0 bridgehead atoms. The molecule has 1 amide bonds. The van der Waals surface area contributed by atoms with Gasteiger partial charge in [0.2, 0.25) is 0 Å². The number of benzene rings is 3. The van der Waals surface area contributed by atoms with Crippen LogP contribution in [0.4, 0.5) is 5.13 Å². The molecule has 188 valence electrons. The van der Waals surface area contributed by atoms with Gasteiger partial charge < -0.3 is 14.9 Å². The first-order chi connectivity index (χ1) is 17.6. The third-order valence-corrected chi connectivity index (χ3v) is 7.99. The Labute approximate surface area is 225 Å². The number of nitrogens with zero attached hydrogens (tertiary/aromatic N) is 2. The van der Waals surface area contributed by atoms with Gasteiger partial charge in [-0.25, -0.2) is 4.98 Å². The maximum absolute atomic E-state index is 13.5. The van der Waals surface area contributed by atoms with E-state index in [2.05, 4.69) is 15.9 Å². The molecule has 3 aromatic carbocycles. The minimum atomic E-state index is -1.01. The van der Waals surface area contributed by atoms with Crippen LogP contribution in [0.1, 0.15) is 33.9 Å². The SMILES string of the molecule is COc1cc(C2/C(=C(\O)c3ccc(C)cc3)C(=O)C(=O)N2c2nc3c(C)cc(C)cc3s2)cc(Br)c1O. The number of aliphatic hydroxyl groups excluding tert-OH is 1. The Kier molecular flexibility index (Phi) is 6.29. The molecule has 7 nitrogen and oxygen atoms in total. The summed E-state index contributed by atoms with van der Waals surface area (Å²) in [6, 6.07) is 13.2. The molecule has 2 heterocycles. The lowest BCUT2D eigenvalue weighted by atomic mass is 9.95. The highest BCUT2D eigenvalue weighted by Crippen LogP contribution is 2.47. The number of halogens is 1. The monoisotopic (exact) mass is 578 g/mol. The third-order valence-electron chi connectivity index (χ3n) is 6.38. The van der Waals surface area contributed by atoms with E-state index in [1.54, 1.807) is 24.3 Å². The largest absolute Gasteiger partial charge is 0.507 e. The van der Waals surface area contributed by atoms with Gasteiger partial charge in [0.15, 0.2) is 16.6 Å². The van der Waals surface area contributed by atoms with Crippen LogP contribution in [0.25, 0.3) is 16.0 Å². The number of amides is 1. The van der Waals surface area contributed by atoms with Crippen LogP contribution in [0.3, 0.4) is 0 Å². The molecule has 1 aliphatic heterocycles. The first-order valence-electron chi connectivity index (χ1n) is 11.4. The minimum absolute atomic E-state index is 0.0688. The van der Waals surface area contributed by atoms with Gasteiger partial charge in [0.25, 0.3) is 5.78 Å². The Bertz CT molecular complexity index is 1620. The molecule has 1 aromatic heterocycles. The second-order valence-electron chi connectivity index (χ2n) is 9.01. The lowest BCUT2D eigenvalue weighted by Gasteiger charge is -2.24. The highest BCUT2D eigenvalue weighted by molar-refractivity contribution is 9.10. The highest BCUT2D eigenvalue weighted by Gasteiger charge is 2.48. The summed E-state index contributed by atoms with van der Waals surface area (Å²) in [5, 5.41) is 22.1. The van der Waals surface area contributed by atoms with E-state index in [4.69, 9.17) is 9.72 Å². The molecule has 0 saturated carbocycles. The van der Waals surface area contributed by atoms with Crippen molar-refractivity contribution in [3.8, 4) is 11.5 Å². The van der Waals surface area contributed by atoms with Gasteiger partial charge in [0.05, 0.1) is 33.4 Å². The Morgan fingerprint density at radius 1 is 1.05 bits per heavy atom. The van der Waals surface area contributed by atoms with Crippen molar-refractivity contribution >= 4 is 60.1 Å². The van der Waals surface area contributed by atoms with Gasteiger partial charge in [0.1, 0.15) is 5.76 Å². The topological polar surface area (TPSA) is 100.0 Å². The van der Waals surface area contributed by atoms with Gasteiger partial charge in [-0.3, -0.25) is 14.5 Å². The summed E-state index contributed by atoms with van der Waals surface area (Å²) in [6.07, 6.45) is 0. The van der Waals surface area contributed by atoms with E-state index in [-0.39, 0.29) is 22.8 Å². The second kappa shape index (κ2) is 9.32. The van der Waals surface area contributed by atoms with E-state index in [9.17, 15) is 19.8 Å². The first kappa shape index (κ1) is 25.0.